The Hall–Kier alpha value is -0.840. The van der Waals surface area contributed by atoms with Crippen molar-refractivity contribution in [3.05, 3.63) is 48.6 Å². The Labute approximate surface area is 284 Å². The fourth-order valence-corrected chi connectivity index (χ4v) is 4.16. The molecule has 0 bridgehead atoms. The largest absolute Gasteiger partial charge is 2.00 e. The van der Waals surface area contributed by atoms with Gasteiger partial charge in [0.2, 0.25) is 0 Å². The van der Waals surface area contributed by atoms with Gasteiger partial charge in [-0.15, -0.1) is 0 Å². The first-order chi connectivity index (χ1) is 19.5. The predicted octanol–water partition coefficient (Wildman–Crippen LogP) is 8.72. The van der Waals surface area contributed by atoms with Crippen molar-refractivity contribution < 1.29 is 19.8 Å². The van der Waals surface area contributed by atoms with Crippen molar-refractivity contribution in [2.45, 2.75) is 168 Å². The van der Waals surface area contributed by atoms with Crippen LogP contribution in [-0.4, -0.2) is 49.7 Å². The third kappa shape index (κ3) is 49.2. The van der Waals surface area contributed by atoms with Gasteiger partial charge in [0, 0.05) is 11.9 Å². The summed E-state index contributed by atoms with van der Waals surface area (Å²) < 4.78 is 0. The van der Waals surface area contributed by atoms with Crippen molar-refractivity contribution in [3.63, 3.8) is 0 Å². The molecule has 0 radical (unpaired) electrons. The molecule has 0 aliphatic heterocycles. The summed E-state index contributed by atoms with van der Waals surface area (Å²) in [5, 5.41) is 20.4. The van der Waals surface area contributed by atoms with Crippen LogP contribution in [0.5, 0.6) is 0 Å². The number of allylic oxidation sites excluding steroid dienone is 8. The average Bonchev–Trinajstić information content (AvgIpc) is 2.93. The summed E-state index contributed by atoms with van der Waals surface area (Å²) >= 11 is 0. The van der Waals surface area contributed by atoms with E-state index < -0.39 is 11.9 Å². The van der Waals surface area contributed by atoms with Crippen LogP contribution in [0, 0.1) is 0 Å². The van der Waals surface area contributed by atoms with Gasteiger partial charge < -0.3 is 19.8 Å². The van der Waals surface area contributed by atoms with Gasteiger partial charge in [0.25, 0.3) is 0 Å². The first-order valence-electron chi connectivity index (χ1n) is 16.5. The van der Waals surface area contributed by atoms with Crippen molar-refractivity contribution in [2.24, 2.45) is 0 Å². The van der Waals surface area contributed by atoms with Crippen LogP contribution in [0.25, 0.3) is 0 Å². The monoisotopic (exact) mass is 598 g/mol. The van der Waals surface area contributed by atoms with Crippen LogP contribution < -0.4 is 10.2 Å². The Morgan fingerprint density at radius 2 is 0.683 bits per heavy atom. The van der Waals surface area contributed by atoms with Crippen molar-refractivity contribution in [1.29, 1.82) is 0 Å². The molecule has 0 fully saturated rings. The minimum absolute atomic E-state index is 0. The van der Waals surface area contributed by atoms with Crippen LogP contribution in [0.1, 0.15) is 168 Å². The normalized spacial score (nSPS) is 11.4. The first kappa shape index (κ1) is 44.6. The minimum atomic E-state index is -0.921. The fourth-order valence-electron chi connectivity index (χ4n) is 4.16. The fraction of sp³-hybridized carbons (Fsp3) is 0.722. The maximum atomic E-state index is 10.2. The van der Waals surface area contributed by atoms with Crippen LogP contribution in [0.2, 0.25) is 0 Å². The molecular formula is C36H62CaO4. The summed E-state index contributed by atoms with van der Waals surface area (Å²) in [7, 11) is 0. The molecule has 0 heterocycles. The summed E-state index contributed by atoms with van der Waals surface area (Å²) in [5.41, 5.74) is 0. The van der Waals surface area contributed by atoms with E-state index in [1.807, 2.05) is 0 Å². The summed E-state index contributed by atoms with van der Waals surface area (Å²) in [6.07, 6.45) is 43.9. The second-order valence-electron chi connectivity index (χ2n) is 10.7. The second kappa shape index (κ2) is 41.3. The summed E-state index contributed by atoms with van der Waals surface area (Å²) in [6, 6.07) is 0. The van der Waals surface area contributed by atoms with E-state index in [4.69, 9.17) is 0 Å². The van der Waals surface area contributed by atoms with Crippen LogP contribution in [-0.2, 0) is 9.59 Å². The average molecular weight is 599 g/mol. The van der Waals surface area contributed by atoms with Crippen molar-refractivity contribution in [1.82, 2.24) is 0 Å². The predicted molar refractivity (Wildman–Crippen MR) is 174 cm³/mol. The molecule has 5 heteroatoms. The molecule has 0 rings (SSSR count). The number of carbonyl (C=O) groups is 2. The molecule has 0 N–H and O–H groups in total. The quantitative estimate of drug-likeness (QED) is 0.0512. The molecule has 0 saturated carbocycles. The number of aliphatic carboxylic acids is 2. The number of carboxylic acid groups (broad SMARTS) is 2. The van der Waals surface area contributed by atoms with E-state index in [0.717, 1.165) is 64.2 Å². The molecular weight excluding hydrogens is 536 g/mol. The molecule has 232 valence electrons. The molecule has 0 aromatic carbocycles. The Balaban J connectivity index is -0.000000688. The van der Waals surface area contributed by atoms with Gasteiger partial charge in [-0.25, -0.2) is 0 Å². The molecule has 0 aromatic rings. The smallest absolute Gasteiger partial charge is 0.550 e. The zero-order valence-corrected chi connectivity index (χ0v) is 29.1. The van der Waals surface area contributed by atoms with E-state index in [-0.39, 0.29) is 50.6 Å². The number of hydrogen-bond acceptors (Lipinski definition) is 4. The Morgan fingerprint density at radius 3 is 0.976 bits per heavy atom. The van der Waals surface area contributed by atoms with Crippen molar-refractivity contribution in [2.75, 3.05) is 0 Å². The number of carboxylic acids is 2. The van der Waals surface area contributed by atoms with Gasteiger partial charge in [0.1, 0.15) is 0 Å². The molecule has 0 aliphatic carbocycles. The van der Waals surface area contributed by atoms with E-state index >= 15 is 0 Å². The van der Waals surface area contributed by atoms with E-state index in [2.05, 4.69) is 62.5 Å². The summed E-state index contributed by atoms with van der Waals surface area (Å²) in [5.74, 6) is -1.84. The van der Waals surface area contributed by atoms with E-state index in [1.54, 1.807) is 0 Å². The minimum Gasteiger partial charge on any atom is -0.550 e. The molecule has 41 heavy (non-hydrogen) atoms. The van der Waals surface area contributed by atoms with Crippen LogP contribution in [0.3, 0.4) is 0 Å². The zero-order chi connectivity index (χ0) is 29.8. The second-order valence-corrected chi connectivity index (χ2v) is 10.7. The van der Waals surface area contributed by atoms with Gasteiger partial charge in [-0.3, -0.25) is 0 Å². The summed E-state index contributed by atoms with van der Waals surface area (Å²) in [4.78, 5) is 20.4. The maximum Gasteiger partial charge on any atom is 2.00 e. The Kier molecular flexibility index (Phi) is 44.9. The molecule has 0 aliphatic rings. The number of unbranched alkanes of at least 4 members (excludes halogenated alkanes) is 16. The topological polar surface area (TPSA) is 80.3 Å². The number of carbonyl (C=O) groups excluding carboxylic acids is 2. The van der Waals surface area contributed by atoms with Gasteiger partial charge in [0.05, 0.1) is 0 Å². The molecule has 0 aromatic heterocycles. The molecule has 4 nitrogen and oxygen atoms in total. The first-order valence-corrected chi connectivity index (χ1v) is 16.5. The van der Waals surface area contributed by atoms with Crippen molar-refractivity contribution in [3.8, 4) is 0 Å². The maximum absolute atomic E-state index is 10.2. The summed E-state index contributed by atoms with van der Waals surface area (Å²) in [6.45, 7) is 4.46. The number of hydrogen-bond donors (Lipinski definition) is 0. The van der Waals surface area contributed by atoms with Crippen LogP contribution in [0.4, 0.5) is 0 Å². The Morgan fingerprint density at radius 1 is 0.415 bits per heavy atom. The molecule has 0 saturated heterocycles. The van der Waals surface area contributed by atoms with Crippen molar-refractivity contribution >= 4 is 49.7 Å². The van der Waals surface area contributed by atoms with Gasteiger partial charge in [-0.05, 0) is 89.9 Å². The number of rotatable bonds is 28. The third-order valence-electron chi connectivity index (χ3n) is 6.66. The van der Waals surface area contributed by atoms with Gasteiger partial charge in [-0.1, -0.05) is 127 Å². The molecule has 0 amide bonds. The van der Waals surface area contributed by atoms with Gasteiger partial charge in [0.15, 0.2) is 0 Å². The third-order valence-corrected chi connectivity index (χ3v) is 6.66. The van der Waals surface area contributed by atoms with E-state index in [9.17, 15) is 19.8 Å². The molecule has 0 unspecified atom stereocenters. The SMILES string of the molecule is CCCCC/C=C\C/C=C\CCCCCCCC(=O)[O-].CCCCC/C=C\C/C=C\CCCCCCCC(=O)[O-].[Ca+2]. The van der Waals surface area contributed by atoms with Crippen LogP contribution >= 0.6 is 0 Å². The van der Waals surface area contributed by atoms with Gasteiger partial charge in [-0.2, -0.15) is 0 Å². The zero-order valence-electron chi connectivity index (χ0n) is 26.9. The van der Waals surface area contributed by atoms with E-state index in [1.165, 1.54) is 77.0 Å². The Bertz CT molecular complexity index is 596. The van der Waals surface area contributed by atoms with Gasteiger partial charge >= 0.3 is 37.7 Å². The molecule has 0 spiro atoms. The molecule has 0 atom stereocenters. The standard InChI is InChI=1S/2C18H32O2.Ca/c2*1-2-3-4-5-6-7-8-9-10-11-12-13-14-15-16-17-18(19)20;/h2*6-7,9-10H,2-5,8,11-17H2,1H3,(H,19,20);/q;;+2/p-2/b2*7-6-,10-9-;. The van der Waals surface area contributed by atoms with E-state index in [0.29, 0.717) is 0 Å². The van der Waals surface area contributed by atoms with Crippen LogP contribution in [0.15, 0.2) is 48.6 Å².